The molecule has 1 amide bonds. The third kappa shape index (κ3) is 4.37. The number of aliphatic hydroxyl groups is 2. The summed E-state index contributed by atoms with van der Waals surface area (Å²) in [6.45, 7) is 2.04. The second-order valence-electron chi connectivity index (χ2n) is 5.71. The van der Waals surface area contributed by atoms with Gasteiger partial charge in [-0.1, -0.05) is 29.8 Å². The maximum Gasteiger partial charge on any atom is 0.267 e. The van der Waals surface area contributed by atoms with Crippen molar-refractivity contribution in [1.82, 2.24) is 9.97 Å². The van der Waals surface area contributed by atoms with Crippen LogP contribution in [0.15, 0.2) is 24.3 Å². The summed E-state index contributed by atoms with van der Waals surface area (Å²) < 4.78 is 0. The van der Waals surface area contributed by atoms with Gasteiger partial charge in [0, 0.05) is 30.0 Å². The van der Waals surface area contributed by atoms with Crippen molar-refractivity contribution in [3.8, 4) is 11.4 Å². The average Bonchev–Trinajstić information content (AvgIpc) is 2.58. The van der Waals surface area contributed by atoms with Crippen molar-refractivity contribution >= 4 is 5.91 Å². The maximum atomic E-state index is 11.9. The van der Waals surface area contributed by atoms with E-state index in [9.17, 15) is 4.79 Å². The topological polar surface area (TPSA) is 109 Å². The van der Waals surface area contributed by atoms with Crippen molar-refractivity contribution in [1.29, 1.82) is 0 Å². The molecule has 2 aromatic rings. The molecule has 1 aromatic carbocycles. The number of amides is 1. The molecule has 4 N–H and O–H groups in total. The number of primary amides is 1. The molecule has 1 heterocycles. The normalized spacial score (nSPS) is 10.8. The lowest BCUT2D eigenvalue weighted by atomic mass is 10.0. The number of benzene rings is 1. The summed E-state index contributed by atoms with van der Waals surface area (Å²) >= 11 is 0. The molecule has 0 saturated carbocycles. The Balaban J connectivity index is 2.54. The zero-order valence-corrected chi connectivity index (χ0v) is 13.8. The van der Waals surface area contributed by atoms with Crippen molar-refractivity contribution in [2.75, 3.05) is 13.2 Å². The minimum Gasteiger partial charge on any atom is -0.396 e. The van der Waals surface area contributed by atoms with Crippen molar-refractivity contribution in [3.63, 3.8) is 0 Å². The predicted octanol–water partition coefficient (Wildman–Crippen LogP) is 1.40. The number of aromatic nitrogens is 2. The summed E-state index contributed by atoms with van der Waals surface area (Å²) in [5.41, 5.74) is 9.01. The number of hydrogen-bond donors (Lipinski definition) is 3. The van der Waals surface area contributed by atoms with E-state index in [0.717, 1.165) is 11.1 Å². The summed E-state index contributed by atoms with van der Waals surface area (Å²) in [6, 6.07) is 7.71. The highest BCUT2D eigenvalue weighted by Crippen LogP contribution is 2.22. The fourth-order valence-corrected chi connectivity index (χ4v) is 2.54. The highest BCUT2D eigenvalue weighted by Gasteiger charge is 2.18. The molecular weight excluding hydrogens is 306 g/mol. The van der Waals surface area contributed by atoms with E-state index in [1.54, 1.807) is 0 Å². The van der Waals surface area contributed by atoms with Crippen LogP contribution in [-0.2, 0) is 12.8 Å². The Morgan fingerprint density at radius 1 is 1.04 bits per heavy atom. The highest BCUT2D eigenvalue weighted by atomic mass is 16.3. The molecule has 2 rings (SSSR count). The van der Waals surface area contributed by atoms with Gasteiger partial charge in [-0.3, -0.25) is 4.79 Å². The first kappa shape index (κ1) is 18.0. The van der Waals surface area contributed by atoms with Gasteiger partial charge in [0.15, 0.2) is 5.82 Å². The molecule has 0 aliphatic heterocycles. The molecular formula is C18H23N3O3. The van der Waals surface area contributed by atoms with Gasteiger partial charge in [0.1, 0.15) is 5.69 Å². The zero-order valence-electron chi connectivity index (χ0n) is 13.8. The number of nitrogens with two attached hydrogens (primary N) is 1. The van der Waals surface area contributed by atoms with E-state index in [2.05, 4.69) is 9.97 Å². The summed E-state index contributed by atoms with van der Waals surface area (Å²) in [5, 5.41) is 18.2. The van der Waals surface area contributed by atoms with Gasteiger partial charge in [-0.25, -0.2) is 9.97 Å². The monoisotopic (exact) mass is 329 g/mol. The van der Waals surface area contributed by atoms with E-state index in [-0.39, 0.29) is 18.9 Å². The van der Waals surface area contributed by atoms with E-state index in [1.807, 2.05) is 31.2 Å². The largest absolute Gasteiger partial charge is 0.396 e. The molecule has 0 saturated heterocycles. The molecule has 0 spiro atoms. The molecule has 0 fully saturated rings. The van der Waals surface area contributed by atoms with Gasteiger partial charge < -0.3 is 15.9 Å². The number of rotatable bonds is 8. The molecule has 6 heteroatoms. The van der Waals surface area contributed by atoms with Crippen LogP contribution in [0.1, 0.15) is 40.2 Å². The van der Waals surface area contributed by atoms with E-state index in [0.29, 0.717) is 42.8 Å². The lowest BCUT2D eigenvalue weighted by Crippen LogP contribution is -2.20. The lowest BCUT2D eigenvalue weighted by molar-refractivity contribution is 0.0994. The fourth-order valence-electron chi connectivity index (χ4n) is 2.54. The Morgan fingerprint density at radius 3 is 2.25 bits per heavy atom. The minimum atomic E-state index is -0.607. The van der Waals surface area contributed by atoms with Gasteiger partial charge >= 0.3 is 0 Å². The van der Waals surface area contributed by atoms with Crippen LogP contribution in [0.25, 0.3) is 11.4 Å². The molecule has 0 aliphatic carbocycles. The number of nitrogens with zero attached hydrogens (tertiary/aromatic N) is 2. The van der Waals surface area contributed by atoms with Gasteiger partial charge in [-0.05, 0) is 32.6 Å². The predicted molar refractivity (Wildman–Crippen MR) is 91.5 cm³/mol. The first-order valence-corrected chi connectivity index (χ1v) is 8.05. The van der Waals surface area contributed by atoms with Crippen LogP contribution < -0.4 is 5.73 Å². The molecule has 24 heavy (non-hydrogen) atoms. The minimum absolute atomic E-state index is 0.0113. The van der Waals surface area contributed by atoms with Gasteiger partial charge in [0.2, 0.25) is 0 Å². The summed E-state index contributed by atoms with van der Waals surface area (Å²) in [6.07, 6.45) is 2.04. The first-order valence-electron chi connectivity index (χ1n) is 8.05. The standard InChI is InChI=1S/C18H23N3O3/c1-12-6-8-13(9-7-12)18-20-15(5-3-11-23)14(4-2-10-22)16(21-18)17(19)24/h6-9,22-23H,2-5,10-11H2,1H3,(H2,19,24). The summed E-state index contributed by atoms with van der Waals surface area (Å²) in [4.78, 5) is 20.8. The van der Waals surface area contributed by atoms with Gasteiger partial charge in [-0.2, -0.15) is 0 Å². The summed E-state index contributed by atoms with van der Waals surface area (Å²) in [7, 11) is 0. The van der Waals surface area contributed by atoms with Crippen LogP contribution in [0.2, 0.25) is 0 Å². The Labute approximate surface area is 141 Å². The molecule has 0 aliphatic rings. The Kier molecular flexibility index (Phi) is 6.40. The van der Waals surface area contributed by atoms with E-state index in [1.165, 1.54) is 0 Å². The molecule has 128 valence electrons. The molecule has 0 radical (unpaired) electrons. The smallest absolute Gasteiger partial charge is 0.267 e. The van der Waals surface area contributed by atoms with Crippen LogP contribution in [0.3, 0.4) is 0 Å². The zero-order chi connectivity index (χ0) is 17.5. The number of aliphatic hydroxyl groups excluding tert-OH is 2. The highest BCUT2D eigenvalue weighted by molar-refractivity contribution is 5.93. The molecule has 0 unspecified atom stereocenters. The van der Waals surface area contributed by atoms with Crippen LogP contribution >= 0.6 is 0 Å². The Hall–Kier alpha value is -2.31. The van der Waals surface area contributed by atoms with E-state index >= 15 is 0 Å². The summed E-state index contributed by atoms with van der Waals surface area (Å²) in [5.74, 6) is -0.159. The molecule has 1 aromatic heterocycles. The molecule has 0 bridgehead atoms. The fraction of sp³-hybridized carbons (Fsp3) is 0.389. The maximum absolute atomic E-state index is 11.9. The third-order valence-corrected chi connectivity index (χ3v) is 3.79. The van der Waals surface area contributed by atoms with Gasteiger partial charge in [-0.15, -0.1) is 0 Å². The average molecular weight is 329 g/mol. The Bertz CT molecular complexity index is 699. The van der Waals surface area contributed by atoms with Crippen LogP contribution in [0.4, 0.5) is 0 Å². The Morgan fingerprint density at radius 2 is 1.67 bits per heavy atom. The van der Waals surface area contributed by atoms with Crippen molar-refractivity contribution in [2.24, 2.45) is 5.73 Å². The van der Waals surface area contributed by atoms with Gasteiger partial charge in [0.05, 0.1) is 0 Å². The number of aryl methyl sites for hydroxylation is 2. The van der Waals surface area contributed by atoms with E-state index < -0.39 is 5.91 Å². The second-order valence-corrected chi connectivity index (χ2v) is 5.71. The van der Waals surface area contributed by atoms with Gasteiger partial charge in [0.25, 0.3) is 5.91 Å². The van der Waals surface area contributed by atoms with Crippen molar-refractivity contribution < 1.29 is 15.0 Å². The third-order valence-electron chi connectivity index (χ3n) is 3.79. The molecule has 0 atom stereocenters. The lowest BCUT2D eigenvalue weighted by Gasteiger charge is -2.14. The quantitative estimate of drug-likeness (QED) is 0.678. The van der Waals surface area contributed by atoms with Crippen LogP contribution in [-0.4, -0.2) is 39.3 Å². The number of carbonyl (C=O) groups is 1. The van der Waals surface area contributed by atoms with E-state index in [4.69, 9.17) is 15.9 Å². The van der Waals surface area contributed by atoms with Crippen LogP contribution in [0, 0.1) is 6.92 Å². The number of hydrogen-bond acceptors (Lipinski definition) is 5. The van der Waals surface area contributed by atoms with Crippen LogP contribution in [0.5, 0.6) is 0 Å². The van der Waals surface area contributed by atoms with Crippen molar-refractivity contribution in [3.05, 3.63) is 46.8 Å². The number of carbonyl (C=O) groups excluding carboxylic acids is 1. The second kappa shape index (κ2) is 8.52. The SMILES string of the molecule is Cc1ccc(-c2nc(CCCO)c(CCCO)c(C(N)=O)n2)cc1. The molecule has 6 nitrogen and oxygen atoms in total. The van der Waals surface area contributed by atoms with Crippen molar-refractivity contribution in [2.45, 2.75) is 32.6 Å². The first-order chi connectivity index (χ1) is 11.6.